The Bertz CT molecular complexity index is 540. The Morgan fingerprint density at radius 3 is 2.40 bits per heavy atom. The maximum Gasteiger partial charge on any atom is 0.240 e. The van der Waals surface area contributed by atoms with Gasteiger partial charge in [-0.25, -0.2) is 13.1 Å². The first-order valence-electron chi connectivity index (χ1n) is 6.36. The normalized spacial score (nSPS) is 12.9. The second-order valence-electron chi connectivity index (χ2n) is 4.47. The van der Waals surface area contributed by atoms with E-state index in [1.54, 1.807) is 19.1 Å². The number of hydrogen-bond donors (Lipinski definition) is 3. The van der Waals surface area contributed by atoms with Crippen LogP contribution in [0.15, 0.2) is 29.2 Å². The predicted molar refractivity (Wildman–Crippen MR) is 75.4 cm³/mol. The fourth-order valence-corrected chi connectivity index (χ4v) is 2.52. The summed E-state index contributed by atoms with van der Waals surface area (Å²) in [6.07, 6.45) is -0.207. The molecule has 6 nitrogen and oxygen atoms in total. The van der Waals surface area contributed by atoms with E-state index in [0.29, 0.717) is 13.0 Å². The lowest BCUT2D eigenvalue weighted by molar-refractivity contribution is -0.119. The van der Waals surface area contributed by atoms with E-state index in [4.69, 9.17) is 0 Å². The third kappa shape index (κ3) is 5.28. The summed E-state index contributed by atoms with van der Waals surface area (Å²) in [5.74, 6) is -0.142. The lowest BCUT2D eigenvalue weighted by Crippen LogP contribution is -2.31. The second-order valence-corrected chi connectivity index (χ2v) is 6.23. The maximum atomic E-state index is 11.9. The van der Waals surface area contributed by atoms with Crippen LogP contribution in [0.2, 0.25) is 0 Å². The van der Waals surface area contributed by atoms with E-state index in [9.17, 15) is 18.3 Å². The molecule has 7 heteroatoms. The van der Waals surface area contributed by atoms with Gasteiger partial charge in [0.15, 0.2) is 0 Å². The van der Waals surface area contributed by atoms with Crippen molar-refractivity contribution < 1.29 is 18.3 Å². The van der Waals surface area contributed by atoms with Crippen LogP contribution in [0, 0.1) is 0 Å². The minimum Gasteiger partial charge on any atom is -0.392 e. The molecule has 0 aliphatic rings. The van der Waals surface area contributed by atoms with Gasteiger partial charge in [-0.05, 0) is 24.1 Å². The van der Waals surface area contributed by atoms with Gasteiger partial charge >= 0.3 is 0 Å². The third-order valence-corrected chi connectivity index (χ3v) is 4.19. The lowest BCUT2D eigenvalue weighted by atomic mass is 10.2. The van der Waals surface area contributed by atoms with Crippen LogP contribution in [-0.2, 0) is 21.4 Å². The van der Waals surface area contributed by atoms with E-state index in [1.807, 2.05) is 0 Å². The average molecular weight is 300 g/mol. The van der Waals surface area contributed by atoms with Gasteiger partial charge < -0.3 is 10.4 Å². The zero-order valence-corrected chi connectivity index (χ0v) is 12.4. The predicted octanol–water partition coefficient (Wildman–Crippen LogP) is 0.372. The van der Waals surface area contributed by atoms with E-state index >= 15 is 0 Å². The summed E-state index contributed by atoms with van der Waals surface area (Å²) in [6.45, 7) is 3.54. The molecule has 1 aromatic carbocycles. The molecule has 0 aliphatic carbocycles. The number of aliphatic hydroxyl groups is 1. The first kappa shape index (κ1) is 16.6. The zero-order valence-electron chi connectivity index (χ0n) is 11.6. The first-order valence-corrected chi connectivity index (χ1v) is 7.84. The van der Waals surface area contributed by atoms with E-state index in [1.165, 1.54) is 19.1 Å². The molecule has 1 unspecified atom stereocenters. The highest BCUT2D eigenvalue weighted by molar-refractivity contribution is 7.89. The van der Waals surface area contributed by atoms with Gasteiger partial charge in [-0.2, -0.15) is 0 Å². The minimum absolute atomic E-state index is 0.00746. The smallest absolute Gasteiger partial charge is 0.240 e. The van der Waals surface area contributed by atoms with Gasteiger partial charge in [0, 0.05) is 20.0 Å². The van der Waals surface area contributed by atoms with Crippen molar-refractivity contribution >= 4 is 15.9 Å². The highest BCUT2D eigenvalue weighted by atomic mass is 32.2. The minimum atomic E-state index is -3.61. The Morgan fingerprint density at radius 1 is 1.30 bits per heavy atom. The molecular formula is C13H20N2O4S. The van der Waals surface area contributed by atoms with Crippen LogP contribution in [-0.4, -0.2) is 32.1 Å². The van der Waals surface area contributed by atoms with Crippen LogP contribution >= 0.6 is 0 Å². The van der Waals surface area contributed by atoms with Crippen molar-refractivity contribution in [3.05, 3.63) is 29.8 Å². The molecule has 0 aliphatic heterocycles. The molecule has 1 atom stereocenters. The van der Waals surface area contributed by atoms with Crippen LogP contribution in [0.1, 0.15) is 25.8 Å². The summed E-state index contributed by atoms with van der Waals surface area (Å²) in [4.78, 5) is 10.9. The summed E-state index contributed by atoms with van der Waals surface area (Å²) in [5, 5.41) is 12.0. The van der Waals surface area contributed by atoms with Gasteiger partial charge in [0.2, 0.25) is 15.9 Å². The molecule has 0 radical (unpaired) electrons. The van der Waals surface area contributed by atoms with Gasteiger partial charge in [0.05, 0.1) is 11.0 Å². The van der Waals surface area contributed by atoms with Crippen molar-refractivity contribution in [2.24, 2.45) is 0 Å². The number of rotatable bonds is 7. The third-order valence-electron chi connectivity index (χ3n) is 2.76. The van der Waals surface area contributed by atoms with E-state index in [-0.39, 0.29) is 17.3 Å². The molecule has 0 saturated carbocycles. The average Bonchev–Trinajstić information content (AvgIpc) is 2.43. The van der Waals surface area contributed by atoms with Crippen LogP contribution in [0.4, 0.5) is 0 Å². The Morgan fingerprint density at radius 2 is 1.90 bits per heavy atom. The molecule has 0 heterocycles. The van der Waals surface area contributed by atoms with Crippen molar-refractivity contribution in [2.75, 3.05) is 6.54 Å². The molecule has 0 aromatic heterocycles. The fourth-order valence-electron chi connectivity index (χ4n) is 1.45. The largest absolute Gasteiger partial charge is 0.392 e. The summed E-state index contributed by atoms with van der Waals surface area (Å²) in [6, 6.07) is 6.22. The summed E-state index contributed by atoms with van der Waals surface area (Å²) < 4.78 is 26.2. The molecule has 0 fully saturated rings. The topological polar surface area (TPSA) is 95.5 Å². The molecule has 0 spiro atoms. The molecule has 3 N–H and O–H groups in total. The van der Waals surface area contributed by atoms with Crippen molar-refractivity contribution in [3.8, 4) is 0 Å². The van der Waals surface area contributed by atoms with Gasteiger partial charge in [0.1, 0.15) is 0 Å². The number of carbonyl (C=O) groups is 1. The maximum absolute atomic E-state index is 11.9. The molecule has 112 valence electrons. The monoisotopic (exact) mass is 300 g/mol. The SMILES string of the molecule is CCC(O)CNS(=O)(=O)c1ccc(CNC(C)=O)cc1. The quantitative estimate of drug-likeness (QED) is 0.678. The van der Waals surface area contributed by atoms with Crippen LogP contribution < -0.4 is 10.0 Å². The Kier molecular flexibility index (Phi) is 6.12. The molecule has 0 bridgehead atoms. The number of aliphatic hydroxyl groups excluding tert-OH is 1. The summed E-state index contributed by atoms with van der Waals surface area (Å²) in [5.41, 5.74) is 0.813. The number of hydrogen-bond acceptors (Lipinski definition) is 4. The van der Waals surface area contributed by atoms with Gasteiger partial charge in [-0.15, -0.1) is 0 Å². The number of amides is 1. The van der Waals surface area contributed by atoms with Crippen LogP contribution in [0.5, 0.6) is 0 Å². The number of benzene rings is 1. The summed E-state index contributed by atoms with van der Waals surface area (Å²) in [7, 11) is -3.61. The van der Waals surface area contributed by atoms with Crippen molar-refractivity contribution in [1.82, 2.24) is 10.0 Å². The lowest BCUT2D eigenvalue weighted by Gasteiger charge is -2.10. The van der Waals surface area contributed by atoms with Gasteiger partial charge in [-0.1, -0.05) is 19.1 Å². The second kappa shape index (κ2) is 7.37. The van der Waals surface area contributed by atoms with E-state index in [0.717, 1.165) is 5.56 Å². The van der Waals surface area contributed by atoms with Crippen molar-refractivity contribution in [2.45, 2.75) is 37.8 Å². The highest BCUT2D eigenvalue weighted by Gasteiger charge is 2.14. The van der Waals surface area contributed by atoms with Crippen LogP contribution in [0.3, 0.4) is 0 Å². The zero-order chi connectivity index (χ0) is 15.2. The molecule has 0 saturated heterocycles. The van der Waals surface area contributed by atoms with E-state index in [2.05, 4.69) is 10.0 Å². The Balaban J connectivity index is 2.69. The molecule has 1 rings (SSSR count). The molecule has 1 amide bonds. The number of sulfonamides is 1. The molecule has 20 heavy (non-hydrogen) atoms. The highest BCUT2D eigenvalue weighted by Crippen LogP contribution is 2.10. The van der Waals surface area contributed by atoms with Crippen molar-refractivity contribution in [3.63, 3.8) is 0 Å². The standard InChI is InChI=1S/C13H20N2O4S/c1-3-12(17)9-15-20(18,19)13-6-4-11(5-7-13)8-14-10(2)16/h4-7,12,15,17H,3,8-9H2,1-2H3,(H,14,16). The molecular weight excluding hydrogens is 280 g/mol. The Hall–Kier alpha value is -1.44. The van der Waals surface area contributed by atoms with Crippen molar-refractivity contribution in [1.29, 1.82) is 0 Å². The number of nitrogens with one attached hydrogen (secondary N) is 2. The van der Waals surface area contributed by atoms with Crippen LogP contribution in [0.25, 0.3) is 0 Å². The molecule has 1 aromatic rings. The van der Waals surface area contributed by atoms with E-state index < -0.39 is 16.1 Å². The number of carbonyl (C=O) groups excluding carboxylic acids is 1. The Labute approximate surface area is 119 Å². The fraction of sp³-hybridized carbons (Fsp3) is 0.462. The first-order chi connectivity index (χ1) is 9.35. The van der Waals surface area contributed by atoms with Gasteiger partial charge in [-0.3, -0.25) is 4.79 Å². The summed E-state index contributed by atoms with van der Waals surface area (Å²) >= 11 is 0. The van der Waals surface area contributed by atoms with Gasteiger partial charge in [0.25, 0.3) is 0 Å².